The van der Waals surface area contributed by atoms with Gasteiger partial charge < -0.3 is 14.8 Å². The number of para-hydroxylation sites is 1. The number of fused-ring (bicyclic) bond motifs is 3. The highest BCUT2D eigenvalue weighted by atomic mass is 16.2. The number of benzene rings is 2. The van der Waals surface area contributed by atoms with E-state index < -0.39 is 5.54 Å². The second kappa shape index (κ2) is 6.23. The van der Waals surface area contributed by atoms with Crippen LogP contribution in [0.5, 0.6) is 0 Å². The lowest BCUT2D eigenvalue weighted by Crippen LogP contribution is -2.64. The first kappa shape index (κ1) is 17.0. The smallest absolute Gasteiger partial charge is 0.271 e. The van der Waals surface area contributed by atoms with Crippen LogP contribution < -0.4 is 5.32 Å². The maximum atomic E-state index is 13.4. The van der Waals surface area contributed by atoms with Crippen molar-refractivity contribution in [2.45, 2.75) is 44.4 Å². The number of hydrogen-bond donors (Lipinski definition) is 1. The first-order valence-electron chi connectivity index (χ1n) is 9.82. The van der Waals surface area contributed by atoms with Crippen LogP contribution >= 0.6 is 0 Å². The number of rotatable bonds is 4. The number of carbonyl (C=O) groups excluding carboxylic acids is 2. The average Bonchev–Trinajstić information content (AvgIpc) is 3.47. The van der Waals surface area contributed by atoms with E-state index in [9.17, 15) is 9.59 Å². The molecular weight excluding hydrogens is 350 g/mol. The fraction of sp³-hybridized carbons (Fsp3) is 0.304. The van der Waals surface area contributed by atoms with Crippen molar-refractivity contribution in [3.63, 3.8) is 0 Å². The largest absolute Gasteiger partial charge is 0.350 e. The Morgan fingerprint density at radius 2 is 1.82 bits per heavy atom. The van der Waals surface area contributed by atoms with Crippen LogP contribution in [0.3, 0.4) is 0 Å². The predicted octanol–water partition coefficient (Wildman–Crippen LogP) is 3.33. The molecular formula is C23H23N3O2. The zero-order valence-electron chi connectivity index (χ0n) is 15.9. The van der Waals surface area contributed by atoms with Gasteiger partial charge >= 0.3 is 0 Å². The first-order chi connectivity index (χ1) is 13.6. The van der Waals surface area contributed by atoms with Crippen LogP contribution in [0.25, 0.3) is 10.9 Å². The minimum atomic E-state index is -0.901. The quantitative estimate of drug-likeness (QED) is 0.763. The summed E-state index contributed by atoms with van der Waals surface area (Å²) >= 11 is 0. The van der Waals surface area contributed by atoms with Gasteiger partial charge in [0.25, 0.3) is 5.91 Å². The van der Waals surface area contributed by atoms with Gasteiger partial charge in [0, 0.05) is 23.5 Å². The molecule has 2 heterocycles. The maximum Gasteiger partial charge on any atom is 0.271 e. The van der Waals surface area contributed by atoms with E-state index in [1.54, 1.807) is 0 Å². The average molecular weight is 373 g/mol. The number of hydrogen-bond acceptors (Lipinski definition) is 2. The lowest BCUT2D eigenvalue weighted by atomic mass is 9.94. The highest BCUT2D eigenvalue weighted by Gasteiger charge is 2.52. The summed E-state index contributed by atoms with van der Waals surface area (Å²) in [4.78, 5) is 28.6. The molecule has 1 saturated carbocycles. The SMILES string of the molecule is CC1(C(=O)NCc2ccccc2)Cn2c(cc3ccccc32)C(=O)N1C1CC1. The molecule has 0 spiro atoms. The standard InChI is InChI=1S/C23H23N3O2/c1-23(22(28)24-14-16-7-3-2-4-8-16)15-25-19-10-6-5-9-17(19)13-20(25)21(27)26(23)18-11-12-18/h2-10,13,18H,11-12,14-15H2,1H3,(H,24,28). The second-order valence-corrected chi connectivity index (χ2v) is 8.02. The van der Waals surface area contributed by atoms with Crippen LogP contribution in [0, 0.1) is 0 Å². The highest BCUT2D eigenvalue weighted by molar-refractivity contribution is 6.04. The van der Waals surface area contributed by atoms with Gasteiger partial charge in [0.1, 0.15) is 11.2 Å². The Labute approximate surface area is 163 Å². The van der Waals surface area contributed by atoms with Crippen LogP contribution in [-0.2, 0) is 17.9 Å². The van der Waals surface area contributed by atoms with Crippen LogP contribution in [0.1, 0.15) is 35.8 Å². The number of carbonyl (C=O) groups is 2. The van der Waals surface area contributed by atoms with E-state index in [1.807, 2.05) is 77.1 Å². The molecule has 1 aliphatic carbocycles. The molecule has 5 heteroatoms. The van der Waals surface area contributed by atoms with E-state index in [2.05, 4.69) is 5.32 Å². The summed E-state index contributed by atoms with van der Waals surface area (Å²) in [5.41, 5.74) is 1.83. The van der Waals surface area contributed by atoms with Gasteiger partial charge in [-0.3, -0.25) is 9.59 Å². The molecule has 3 aromatic rings. The summed E-state index contributed by atoms with van der Waals surface area (Å²) in [6.07, 6.45) is 1.93. The van der Waals surface area contributed by atoms with E-state index in [0.29, 0.717) is 18.8 Å². The van der Waals surface area contributed by atoms with E-state index in [0.717, 1.165) is 29.3 Å². The summed E-state index contributed by atoms with van der Waals surface area (Å²) in [7, 11) is 0. The van der Waals surface area contributed by atoms with Crippen molar-refractivity contribution in [2.75, 3.05) is 0 Å². The minimum absolute atomic E-state index is 0.0395. The van der Waals surface area contributed by atoms with Gasteiger partial charge in [0.15, 0.2) is 0 Å². The minimum Gasteiger partial charge on any atom is -0.350 e. The molecule has 1 unspecified atom stereocenters. The molecule has 1 aliphatic heterocycles. The molecule has 0 radical (unpaired) electrons. The summed E-state index contributed by atoms with van der Waals surface area (Å²) < 4.78 is 2.01. The summed E-state index contributed by atoms with van der Waals surface area (Å²) in [5, 5.41) is 4.10. The van der Waals surface area contributed by atoms with Crippen molar-refractivity contribution in [1.82, 2.24) is 14.8 Å². The van der Waals surface area contributed by atoms with Crippen molar-refractivity contribution in [1.29, 1.82) is 0 Å². The van der Waals surface area contributed by atoms with Crippen molar-refractivity contribution >= 4 is 22.7 Å². The molecule has 2 aromatic carbocycles. The van der Waals surface area contributed by atoms with Crippen molar-refractivity contribution in [3.05, 3.63) is 71.9 Å². The van der Waals surface area contributed by atoms with Crippen molar-refractivity contribution in [2.24, 2.45) is 0 Å². The van der Waals surface area contributed by atoms with Crippen molar-refractivity contribution < 1.29 is 9.59 Å². The number of amides is 2. The molecule has 2 amide bonds. The van der Waals surface area contributed by atoms with E-state index in [1.165, 1.54) is 0 Å². The van der Waals surface area contributed by atoms with E-state index >= 15 is 0 Å². The Kier molecular flexibility index (Phi) is 3.79. The van der Waals surface area contributed by atoms with Gasteiger partial charge in [-0.15, -0.1) is 0 Å². The van der Waals surface area contributed by atoms with Gasteiger partial charge in [-0.2, -0.15) is 0 Å². The molecule has 1 atom stereocenters. The lowest BCUT2D eigenvalue weighted by molar-refractivity contribution is -0.133. The highest BCUT2D eigenvalue weighted by Crippen LogP contribution is 2.40. The number of nitrogens with one attached hydrogen (secondary N) is 1. The molecule has 142 valence electrons. The van der Waals surface area contributed by atoms with Gasteiger partial charge in [-0.05, 0) is 37.5 Å². The molecule has 5 rings (SSSR count). The molecule has 0 bridgehead atoms. The van der Waals surface area contributed by atoms with Crippen LogP contribution in [0.15, 0.2) is 60.7 Å². The summed E-state index contributed by atoms with van der Waals surface area (Å²) in [6, 6.07) is 20.0. The fourth-order valence-electron chi connectivity index (χ4n) is 4.34. The molecule has 2 aliphatic rings. The van der Waals surface area contributed by atoms with Gasteiger partial charge in [0.2, 0.25) is 5.91 Å². The van der Waals surface area contributed by atoms with Gasteiger partial charge in [-0.1, -0.05) is 48.5 Å². The first-order valence-corrected chi connectivity index (χ1v) is 9.82. The molecule has 1 fully saturated rings. The molecule has 5 nitrogen and oxygen atoms in total. The number of aromatic nitrogens is 1. The monoisotopic (exact) mass is 373 g/mol. The lowest BCUT2D eigenvalue weighted by Gasteiger charge is -2.44. The molecule has 1 N–H and O–H groups in total. The van der Waals surface area contributed by atoms with Crippen molar-refractivity contribution in [3.8, 4) is 0 Å². The van der Waals surface area contributed by atoms with E-state index in [4.69, 9.17) is 0 Å². The Bertz CT molecular complexity index is 1070. The van der Waals surface area contributed by atoms with Crippen LogP contribution in [-0.4, -0.2) is 32.9 Å². The third-order valence-electron chi connectivity index (χ3n) is 5.94. The predicted molar refractivity (Wildman–Crippen MR) is 108 cm³/mol. The zero-order chi connectivity index (χ0) is 19.3. The Morgan fingerprint density at radius 1 is 1.11 bits per heavy atom. The van der Waals surface area contributed by atoms with Crippen LogP contribution in [0.4, 0.5) is 0 Å². The second-order valence-electron chi connectivity index (χ2n) is 8.02. The normalized spacial score (nSPS) is 21.6. The Balaban J connectivity index is 1.51. The fourth-order valence-corrected chi connectivity index (χ4v) is 4.34. The summed E-state index contributed by atoms with van der Waals surface area (Å²) in [6.45, 7) is 2.83. The van der Waals surface area contributed by atoms with Gasteiger partial charge in [-0.25, -0.2) is 0 Å². The third kappa shape index (κ3) is 2.61. The Hall–Kier alpha value is -3.08. The Morgan fingerprint density at radius 3 is 2.57 bits per heavy atom. The third-order valence-corrected chi connectivity index (χ3v) is 5.94. The van der Waals surface area contributed by atoms with E-state index in [-0.39, 0.29) is 17.9 Å². The molecule has 28 heavy (non-hydrogen) atoms. The molecule has 1 aromatic heterocycles. The topological polar surface area (TPSA) is 54.3 Å². The molecule has 0 saturated heterocycles. The van der Waals surface area contributed by atoms with Crippen LogP contribution in [0.2, 0.25) is 0 Å². The maximum absolute atomic E-state index is 13.4. The number of nitrogens with zero attached hydrogens (tertiary/aromatic N) is 2. The summed E-state index contributed by atoms with van der Waals surface area (Å²) in [5.74, 6) is -0.137. The zero-order valence-corrected chi connectivity index (χ0v) is 15.9. The van der Waals surface area contributed by atoms with Gasteiger partial charge in [0.05, 0.1) is 6.54 Å².